The summed E-state index contributed by atoms with van der Waals surface area (Å²) in [7, 11) is 2.96. The van der Waals surface area contributed by atoms with Gasteiger partial charge in [0.15, 0.2) is 17.3 Å². The van der Waals surface area contributed by atoms with Crippen molar-refractivity contribution in [1.82, 2.24) is 4.90 Å². The van der Waals surface area contributed by atoms with E-state index in [1.54, 1.807) is 36.4 Å². The van der Waals surface area contributed by atoms with Crippen molar-refractivity contribution in [2.75, 3.05) is 14.2 Å². The van der Waals surface area contributed by atoms with Gasteiger partial charge in [-0.2, -0.15) is 0 Å². The number of hydrogen-bond acceptors (Lipinski definition) is 5. The lowest BCUT2D eigenvalue weighted by Crippen LogP contribution is -2.29. The summed E-state index contributed by atoms with van der Waals surface area (Å²) in [5.74, 6) is -0.0831. The van der Waals surface area contributed by atoms with Crippen molar-refractivity contribution in [3.63, 3.8) is 0 Å². The normalized spacial score (nSPS) is 13.0. The highest BCUT2D eigenvalue weighted by Gasteiger charge is 2.35. The van der Waals surface area contributed by atoms with E-state index in [-0.39, 0.29) is 24.1 Å². The van der Waals surface area contributed by atoms with Gasteiger partial charge in [-0.1, -0.05) is 12.1 Å². The van der Waals surface area contributed by atoms with Crippen LogP contribution in [0.15, 0.2) is 36.4 Å². The van der Waals surface area contributed by atoms with E-state index >= 15 is 0 Å². The Labute approximate surface area is 145 Å². The van der Waals surface area contributed by atoms with E-state index in [0.717, 1.165) is 4.90 Å². The molecule has 6 heteroatoms. The molecule has 0 aromatic heterocycles. The standard InChI is InChI=1S/C19H17NO5/c1-11(21)15-9-17(25-3)16(24-2)8-12(15)10-20-18(22)13-6-4-5-7-14(13)19(20)23/h4-9H,10H2,1-3H3. The smallest absolute Gasteiger partial charge is 0.261 e. The molecule has 2 amide bonds. The number of nitrogens with zero attached hydrogens (tertiary/aromatic N) is 1. The Balaban J connectivity index is 2.02. The van der Waals surface area contributed by atoms with Gasteiger partial charge < -0.3 is 9.47 Å². The first-order valence-corrected chi connectivity index (χ1v) is 7.69. The van der Waals surface area contributed by atoms with Gasteiger partial charge in [-0.3, -0.25) is 19.3 Å². The van der Waals surface area contributed by atoms with Gasteiger partial charge in [0.2, 0.25) is 0 Å². The lowest BCUT2D eigenvalue weighted by Gasteiger charge is -2.18. The second-order valence-electron chi connectivity index (χ2n) is 5.66. The number of ether oxygens (including phenoxy) is 2. The van der Waals surface area contributed by atoms with Gasteiger partial charge in [0.05, 0.1) is 31.9 Å². The summed E-state index contributed by atoms with van der Waals surface area (Å²) >= 11 is 0. The summed E-state index contributed by atoms with van der Waals surface area (Å²) in [4.78, 5) is 38.2. The van der Waals surface area contributed by atoms with Gasteiger partial charge in [-0.25, -0.2) is 0 Å². The van der Waals surface area contributed by atoms with Crippen molar-refractivity contribution in [2.24, 2.45) is 0 Å². The van der Waals surface area contributed by atoms with Crippen LogP contribution in [0.1, 0.15) is 43.6 Å². The third-order valence-electron chi connectivity index (χ3n) is 4.20. The molecular weight excluding hydrogens is 322 g/mol. The zero-order valence-electron chi connectivity index (χ0n) is 14.2. The Hall–Kier alpha value is -3.15. The fraction of sp³-hybridized carbons (Fsp3) is 0.211. The van der Waals surface area contributed by atoms with E-state index in [9.17, 15) is 14.4 Å². The van der Waals surface area contributed by atoms with Crippen LogP contribution in [-0.2, 0) is 6.54 Å². The average molecular weight is 339 g/mol. The molecule has 0 bridgehead atoms. The molecule has 1 heterocycles. The summed E-state index contributed by atoms with van der Waals surface area (Å²) in [6.45, 7) is 1.41. The monoisotopic (exact) mass is 339 g/mol. The molecule has 2 aromatic carbocycles. The highest BCUT2D eigenvalue weighted by molar-refractivity contribution is 6.21. The van der Waals surface area contributed by atoms with Gasteiger partial charge in [0.25, 0.3) is 11.8 Å². The summed E-state index contributed by atoms with van der Waals surface area (Å²) in [5, 5.41) is 0. The molecule has 0 atom stereocenters. The van der Waals surface area contributed by atoms with E-state index in [0.29, 0.717) is 33.8 Å². The van der Waals surface area contributed by atoms with Crippen LogP contribution in [-0.4, -0.2) is 36.7 Å². The first-order valence-electron chi connectivity index (χ1n) is 7.69. The minimum absolute atomic E-state index is 0.0123. The minimum Gasteiger partial charge on any atom is -0.493 e. The number of imide groups is 1. The van der Waals surface area contributed by atoms with Crippen LogP contribution in [0, 0.1) is 0 Å². The molecule has 0 N–H and O–H groups in total. The van der Waals surface area contributed by atoms with Crippen molar-refractivity contribution in [3.05, 3.63) is 58.7 Å². The van der Waals surface area contributed by atoms with Crippen LogP contribution >= 0.6 is 0 Å². The minimum atomic E-state index is -0.370. The molecule has 25 heavy (non-hydrogen) atoms. The Bertz CT molecular complexity index is 852. The number of fused-ring (bicyclic) bond motifs is 1. The number of methoxy groups -OCH3 is 2. The van der Waals surface area contributed by atoms with E-state index in [4.69, 9.17) is 9.47 Å². The van der Waals surface area contributed by atoms with Gasteiger partial charge in [0.1, 0.15) is 0 Å². The van der Waals surface area contributed by atoms with Crippen LogP contribution in [0.4, 0.5) is 0 Å². The number of ketones is 1. The molecule has 1 aliphatic heterocycles. The average Bonchev–Trinajstić information content (AvgIpc) is 2.86. The predicted octanol–water partition coefficient (Wildman–Crippen LogP) is 2.70. The fourth-order valence-electron chi connectivity index (χ4n) is 2.93. The molecule has 128 valence electrons. The van der Waals surface area contributed by atoms with Crippen molar-refractivity contribution in [3.8, 4) is 11.5 Å². The largest absolute Gasteiger partial charge is 0.493 e. The molecule has 0 saturated heterocycles. The second kappa shape index (κ2) is 6.39. The molecule has 0 fully saturated rings. The summed E-state index contributed by atoms with van der Waals surface area (Å²) in [6, 6.07) is 9.86. The second-order valence-corrected chi connectivity index (χ2v) is 5.66. The number of Topliss-reactive ketones (excluding diaryl/α,β-unsaturated/α-hetero) is 1. The fourth-order valence-corrected chi connectivity index (χ4v) is 2.93. The Morgan fingerprint density at radius 1 is 0.960 bits per heavy atom. The Morgan fingerprint density at radius 3 is 1.96 bits per heavy atom. The Kier molecular flexibility index (Phi) is 4.27. The first kappa shape index (κ1) is 16.7. The van der Waals surface area contributed by atoms with Crippen LogP contribution in [0.25, 0.3) is 0 Å². The maximum Gasteiger partial charge on any atom is 0.261 e. The van der Waals surface area contributed by atoms with Crippen LogP contribution in [0.2, 0.25) is 0 Å². The number of hydrogen-bond donors (Lipinski definition) is 0. The van der Waals surface area contributed by atoms with Gasteiger partial charge in [0, 0.05) is 5.56 Å². The topological polar surface area (TPSA) is 72.9 Å². The SMILES string of the molecule is COc1cc(CN2C(=O)c3ccccc3C2=O)c(C(C)=O)cc1OC. The predicted molar refractivity (Wildman–Crippen MR) is 90.2 cm³/mol. The zero-order valence-corrected chi connectivity index (χ0v) is 14.2. The molecular formula is C19H17NO5. The maximum atomic E-state index is 12.5. The highest BCUT2D eigenvalue weighted by atomic mass is 16.5. The molecule has 2 aromatic rings. The number of benzene rings is 2. The molecule has 0 saturated carbocycles. The van der Waals surface area contributed by atoms with E-state index in [1.165, 1.54) is 21.1 Å². The molecule has 0 aliphatic carbocycles. The quantitative estimate of drug-likeness (QED) is 0.618. The lowest BCUT2D eigenvalue weighted by atomic mass is 10.0. The molecule has 0 radical (unpaired) electrons. The zero-order chi connectivity index (χ0) is 18.1. The Morgan fingerprint density at radius 2 is 1.48 bits per heavy atom. The number of rotatable bonds is 5. The number of amides is 2. The van der Waals surface area contributed by atoms with E-state index in [1.807, 2.05) is 0 Å². The van der Waals surface area contributed by atoms with E-state index < -0.39 is 0 Å². The maximum absolute atomic E-state index is 12.5. The van der Waals surface area contributed by atoms with Crippen LogP contribution in [0.5, 0.6) is 11.5 Å². The molecule has 3 rings (SSSR count). The van der Waals surface area contributed by atoms with Gasteiger partial charge in [-0.05, 0) is 36.8 Å². The van der Waals surface area contributed by atoms with Gasteiger partial charge in [-0.15, -0.1) is 0 Å². The molecule has 6 nitrogen and oxygen atoms in total. The third kappa shape index (κ3) is 2.76. The van der Waals surface area contributed by atoms with E-state index in [2.05, 4.69) is 0 Å². The van der Waals surface area contributed by atoms with Crippen molar-refractivity contribution >= 4 is 17.6 Å². The number of carbonyl (C=O) groups is 3. The summed E-state index contributed by atoms with van der Waals surface area (Å²) in [5.41, 5.74) is 1.66. The summed E-state index contributed by atoms with van der Waals surface area (Å²) < 4.78 is 10.5. The molecule has 1 aliphatic rings. The van der Waals surface area contributed by atoms with Crippen molar-refractivity contribution < 1.29 is 23.9 Å². The van der Waals surface area contributed by atoms with Crippen LogP contribution in [0.3, 0.4) is 0 Å². The first-order chi connectivity index (χ1) is 12.0. The molecule has 0 spiro atoms. The van der Waals surface area contributed by atoms with Crippen LogP contribution < -0.4 is 9.47 Å². The van der Waals surface area contributed by atoms with Gasteiger partial charge >= 0.3 is 0 Å². The third-order valence-corrected chi connectivity index (χ3v) is 4.20. The van der Waals surface area contributed by atoms with Crippen molar-refractivity contribution in [2.45, 2.75) is 13.5 Å². The highest BCUT2D eigenvalue weighted by Crippen LogP contribution is 2.33. The lowest BCUT2D eigenvalue weighted by molar-refractivity contribution is 0.0640. The number of carbonyl (C=O) groups excluding carboxylic acids is 3. The molecule has 0 unspecified atom stereocenters. The van der Waals surface area contributed by atoms with Crippen molar-refractivity contribution in [1.29, 1.82) is 0 Å². The summed E-state index contributed by atoms with van der Waals surface area (Å²) in [6.07, 6.45) is 0.